The number of carbonyl (C=O) groups is 1. The van der Waals surface area contributed by atoms with Crippen molar-refractivity contribution < 1.29 is 23.7 Å². The summed E-state index contributed by atoms with van der Waals surface area (Å²) in [6.07, 6.45) is -1.10. The predicted molar refractivity (Wildman–Crippen MR) is 109 cm³/mol. The summed E-state index contributed by atoms with van der Waals surface area (Å²) in [5.41, 5.74) is 0. The van der Waals surface area contributed by atoms with E-state index in [2.05, 4.69) is 20.2 Å². The summed E-state index contributed by atoms with van der Waals surface area (Å²) in [4.78, 5) is 23.5. The molecular formula is C21H26N4O5. The van der Waals surface area contributed by atoms with Crippen molar-refractivity contribution >= 4 is 11.7 Å². The zero-order valence-electron chi connectivity index (χ0n) is 17.2. The number of para-hydroxylation sites is 2. The van der Waals surface area contributed by atoms with Gasteiger partial charge in [-0.25, -0.2) is 4.98 Å². The van der Waals surface area contributed by atoms with E-state index in [0.29, 0.717) is 43.0 Å². The Balaban J connectivity index is 1.28. The number of anilines is 1. The molecule has 1 aromatic carbocycles. The number of nitrogens with zero attached hydrogens (tertiary/aromatic N) is 3. The van der Waals surface area contributed by atoms with Crippen molar-refractivity contribution in [3.05, 3.63) is 36.2 Å². The molecule has 1 fully saturated rings. The quantitative estimate of drug-likeness (QED) is 0.708. The number of aryl methyl sites for hydroxylation is 1. The lowest BCUT2D eigenvalue weighted by Gasteiger charge is -2.31. The number of amides is 1. The van der Waals surface area contributed by atoms with Gasteiger partial charge in [0.05, 0.1) is 19.8 Å². The Morgan fingerprint density at radius 1 is 1.20 bits per heavy atom. The van der Waals surface area contributed by atoms with E-state index in [0.717, 1.165) is 18.9 Å². The molecule has 1 aromatic heterocycles. The Kier molecular flexibility index (Phi) is 6.18. The van der Waals surface area contributed by atoms with Gasteiger partial charge in [0.15, 0.2) is 11.5 Å². The minimum atomic E-state index is -0.714. The molecule has 2 aromatic rings. The van der Waals surface area contributed by atoms with Gasteiger partial charge in [-0.3, -0.25) is 4.79 Å². The smallest absolute Gasteiger partial charge is 0.265 e. The molecule has 0 spiro atoms. The Bertz CT molecular complexity index is 887. The highest BCUT2D eigenvalue weighted by Crippen LogP contribution is 2.33. The highest BCUT2D eigenvalue weighted by molar-refractivity contribution is 5.82. The molecule has 0 saturated carbocycles. The highest BCUT2D eigenvalue weighted by Gasteiger charge is 2.33. The predicted octanol–water partition coefficient (Wildman–Crippen LogP) is 1.35. The van der Waals surface area contributed by atoms with Crippen molar-refractivity contribution in [2.24, 2.45) is 0 Å². The summed E-state index contributed by atoms with van der Waals surface area (Å²) in [6.45, 7) is 7.19. The normalized spacial score (nSPS) is 20.5. The summed E-state index contributed by atoms with van der Waals surface area (Å²) < 4.78 is 22.7. The summed E-state index contributed by atoms with van der Waals surface area (Å²) in [7, 11) is 0. The molecule has 2 atom stereocenters. The van der Waals surface area contributed by atoms with Crippen LogP contribution in [-0.4, -0.2) is 67.5 Å². The average molecular weight is 414 g/mol. The van der Waals surface area contributed by atoms with E-state index < -0.39 is 6.10 Å². The van der Waals surface area contributed by atoms with Crippen molar-refractivity contribution in [3.8, 4) is 17.4 Å². The second-order valence-corrected chi connectivity index (χ2v) is 7.16. The van der Waals surface area contributed by atoms with E-state index in [1.807, 2.05) is 38.1 Å². The first-order valence-corrected chi connectivity index (χ1v) is 10.1. The molecular weight excluding hydrogens is 388 g/mol. The molecule has 2 unspecified atom stereocenters. The van der Waals surface area contributed by atoms with E-state index in [1.54, 1.807) is 6.07 Å². The van der Waals surface area contributed by atoms with Crippen LogP contribution in [0.25, 0.3) is 0 Å². The topological polar surface area (TPSA) is 95.0 Å². The average Bonchev–Trinajstić information content (AvgIpc) is 2.76. The van der Waals surface area contributed by atoms with E-state index in [1.165, 1.54) is 0 Å². The molecule has 0 bridgehead atoms. The number of rotatable bonds is 6. The Labute approximate surface area is 175 Å². The maximum atomic E-state index is 12.5. The highest BCUT2D eigenvalue weighted by atomic mass is 16.6. The van der Waals surface area contributed by atoms with Crippen LogP contribution < -0.4 is 24.4 Å². The number of nitrogens with one attached hydrogen (secondary N) is 1. The molecule has 30 heavy (non-hydrogen) atoms. The zero-order chi connectivity index (χ0) is 20.9. The second kappa shape index (κ2) is 9.17. The molecule has 1 saturated heterocycles. The van der Waals surface area contributed by atoms with Crippen molar-refractivity contribution in [2.75, 3.05) is 44.4 Å². The number of hydrogen-bond acceptors (Lipinski definition) is 8. The Morgan fingerprint density at radius 3 is 2.70 bits per heavy atom. The molecule has 9 nitrogen and oxygen atoms in total. The van der Waals surface area contributed by atoms with Gasteiger partial charge < -0.3 is 29.2 Å². The van der Waals surface area contributed by atoms with E-state index >= 15 is 0 Å². The van der Waals surface area contributed by atoms with Gasteiger partial charge in [-0.2, -0.15) is 4.98 Å². The molecule has 1 N–H and O–H groups in total. The van der Waals surface area contributed by atoms with Gasteiger partial charge in [0.1, 0.15) is 24.4 Å². The Morgan fingerprint density at radius 2 is 1.93 bits per heavy atom. The van der Waals surface area contributed by atoms with E-state index in [4.69, 9.17) is 18.9 Å². The number of ether oxygens (including phenoxy) is 4. The first-order valence-electron chi connectivity index (χ1n) is 10.1. The lowest BCUT2D eigenvalue weighted by atomic mass is 10.1. The molecule has 160 valence electrons. The molecule has 9 heteroatoms. The lowest BCUT2D eigenvalue weighted by molar-refractivity contribution is -0.133. The third-order valence-electron chi connectivity index (χ3n) is 4.89. The summed E-state index contributed by atoms with van der Waals surface area (Å²) in [6, 6.07) is 9.13. The summed E-state index contributed by atoms with van der Waals surface area (Å²) in [5, 5.41) is 2.84. The van der Waals surface area contributed by atoms with Gasteiger partial charge in [-0.15, -0.1) is 0 Å². The van der Waals surface area contributed by atoms with Crippen molar-refractivity contribution in [1.82, 2.24) is 15.3 Å². The first-order chi connectivity index (χ1) is 14.6. The third-order valence-corrected chi connectivity index (χ3v) is 4.89. The van der Waals surface area contributed by atoms with Crippen molar-refractivity contribution in [1.29, 1.82) is 0 Å². The molecule has 1 amide bonds. The largest absolute Gasteiger partial charge is 0.482 e. The van der Waals surface area contributed by atoms with E-state index in [9.17, 15) is 4.79 Å². The molecule has 2 aliphatic heterocycles. The second-order valence-electron chi connectivity index (χ2n) is 7.16. The minimum Gasteiger partial charge on any atom is -0.482 e. The molecule has 3 heterocycles. The number of hydrogen-bond donors (Lipinski definition) is 1. The van der Waals surface area contributed by atoms with Crippen LogP contribution in [0.15, 0.2) is 30.3 Å². The van der Waals surface area contributed by atoms with E-state index in [-0.39, 0.29) is 18.6 Å². The fraction of sp³-hybridized carbons (Fsp3) is 0.476. The van der Waals surface area contributed by atoms with Crippen LogP contribution in [0.3, 0.4) is 0 Å². The van der Waals surface area contributed by atoms with Gasteiger partial charge in [-0.1, -0.05) is 12.1 Å². The van der Waals surface area contributed by atoms with Crippen LogP contribution in [0.1, 0.15) is 12.7 Å². The van der Waals surface area contributed by atoms with Crippen LogP contribution in [0.4, 0.5) is 5.82 Å². The molecule has 4 rings (SSSR count). The van der Waals surface area contributed by atoms with Gasteiger partial charge in [-0.05, 0) is 26.0 Å². The SMILES string of the molecule is Cc1nc(OCCNC(=O)C2Oc3ccccc3OC2C)cc(N2CCOCC2)n1. The maximum absolute atomic E-state index is 12.5. The van der Waals surface area contributed by atoms with Crippen molar-refractivity contribution in [2.45, 2.75) is 26.1 Å². The first kappa shape index (κ1) is 20.2. The van der Waals surface area contributed by atoms with Crippen molar-refractivity contribution in [3.63, 3.8) is 0 Å². The van der Waals surface area contributed by atoms with Gasteiger partial charge >= 0.3 is 0 Å². The molecule has 2 aliphatic rings. The van der Waals surface area contributed by atoms with Crippen LogP contribution >= 0.6 is 0 Å². The van der Waals surface area contributed by atoms with Crippen LogP contribution in [0.2, 0.25) is 0 Å². The summed E-state index contributed by atoms with van der Waals surface area (Å²) in [5.74, 6) is 2.92. The minimum absolute atomic E-state index is 0.242. The monoisotopic (exact) mass is 414 g/mol. The van der Waals surface area contributed by atoms with Crippen LogP contribution in [-0.2, 0) is 9.53 Å². The lowest BCUT2D eigenvalue weighted by Crippen LogP contribution is -2.49. The van der Waals surface area contributed by atoms with Crippen LogP contribution in [0.5, 0.6) is 17.4 Å². The fourth-order valence-electron chi connectivity index (χ4n) is 3.39. The number of carbonyl (C=O) groups excluding carboxylic acids is 1. The standard InChI is InChI=1S/C21H26N4O5/c1-14-20(30-17-6-4-3-5-16(17)29-14)21(26)22-7-10-28-19-13-18(23-15(2)24-19)25-8-11-27-12-9-25/h3-6,13-14,20H,7-12H2,1-2H3,(H,22,26). The van der Waals surface area contributed by atoms with Gasteiger partial charge in [0.25, 0.3) is 5.91 Å². The van der Waals surface area contributed by atoms with Crippen LogP contribution in [0, 0.1) is 6.92 Å². The number of benzene rings is 1. The van der Waals surface area contributed by atoms with Gasteiger partial charge in [0, 0.05) is 19.2 Å². The summed E-state index contributed by atoms with van der Waals surface area (Å²) >= 11 is 0. The maximum Gasteiger partial charge on any atom is 0.265 e. The fourth-order valence-corrected chi connectivity index (χ4v) is 3.39. The number of fused-ring (bicyclic) bond motifs is 1. The van der Waals surface area contributed by atoms with Gasteiger partial charge in [0.2, 0.25) is 12.0 Å². The zero-order valence-corrected chi connectivity index (χ0v) is 17.2. The number of aromatic nitrogens is 2. The molecule has 0 radical (unpaired) electrons. The third kappa shape index (κ3) is 4.73. The Hall–Kier alpha value is -3.07. The molecule has 0 aliphatic carbocycles. The number of morpholine rings is 1.